The molecule has 1 aromatic rings. The summed E-state index contributed by atoms with van der Waals surface area (Å²) in [5, 5.41) is 6.80. The van der Waals surface area contributed by atoms with Crippen LogP contribution in [0.5, 0.6) is 5.75 Å². The van der Waals surface area contributed by atoms with Crippen LogP contribution in [0.2, 0.25) is 0 Å². The average molecular weight is 400 g/mol. The Morgan fingerprint density at radius 2 is 2.00 bits per heavy atom. The Kier molecular flexibility index (Phi) is 6.09. The molecule has 1 aromatic carbocycles. The van der Waals surface area contributed by atoms with Gasteiger partial charge in [-0.1, -0.05) is 31.0 Å². The normalized spacial score (nSPS) is 27.3. The van der Waals surface area contributed by atoms with Gasteiger partial charge in [0.15, 0.2) is 0 Å². The number of methoxy groups -OCH3 is 1. The molecule has 2 atom stereocenters. The Labute approximate surface area is 173 Å². The number of para-hydroxylation sites is 1. The number of nitrogens with one attached hydrogen (secondary N) is 2. The molecular weight excluding hydrogens is 366 g/mol. The highest BCUT2D eigenvalue weighted by Gasteiger charge is 2.50. The first-order chi connectivity index (χ1) is 14.1. The van der Waals surface area contributed by atoms with Crippen LogP contribution in [0.4, 0.5) is 0 Å². The summed E-state index contributed by atoms with van der Waals surface area (Å²) in [6.07, 6.45) is 6.59. The summed E-state index contributed by atoms with van der Waals surface area (Å²) in [6.45, 7) is 3.20. The summed E-state index contributed by atoms with van der Waals surface area (Å²) in [5.74, 6) is 1.62. The molecule has 0 unspecified atom stereocenters. The second-order valence-corrected chi connectivity index (χ2v) is 8.85. The van der Waals surface area contributed by atoms with Crippen molar-refractivity contribution >= 4 is 11.8 Å². The molecule has 1 aliphatic carbocycles. The Bertz CT molecular complexity index is 745. The van der Waals surface area contributed by atoms with Gasteiger partial charge in [0, 0.05) is 31.2 Å². The predicted molar refractivity (Wildman–Crippen MR) is 112 cm³/mol. The topological polar surface area (TPSA) is 70.7 Å². The molecule has 3 fully saturated rings. The Balaban J connectivity index is 1.29. The fourth-order valence-corrected chi connectivity index (χ4v) is 5.42. The third-order valence-corrected chi connectivity index (χ3v) is 7.21. The Hall–Kier alpha value is -2.08. The van der Waals surface area contributed by atoms with Crippen LogP contribution in [0.15, 0.2) is 24.3 Å². The van der Waals surface area contributed by atoms with Crippen molar-refractivity contribution in [2.24, 2.45) is 11.3 Å². The van der Waals surface area contributed by atoms with Crippen molar-refractivity contribution in [3.63, 3.8) is 0 Å². The van der Waals surface area contributed by atoms with Crippen LogP contribution in [-0.4, -0.2) is 56.0 Å². The van der Waals surface area contributed by atoms with E-state index < -0.39 is 0 Å². The zero-order valence-corrected chi connectivity index (χ0v) is 17.4. The van der Waals surface area contributed by atoms with E-state index in [0.29, 0.717) is 25.4 Å². The number of hydrogen-bond acceptors (Lipinski definition) is 4. The monoisotopic (exact) mass is 399 g/mol. The van der Waals surface area contributed by atoms with E-state index in [1.165, 1.54) is 6.42 Å². The van der Waals surface area contributed by atoms with Crippen molar-refractivity contribution in [3.8, 4) is 5.75 Å². The zero-order valence-electron chi connectivity index (χ0n) is 17.4. The van der Waals surface area contributed by atoms with Crippen LogP contribution in [0.25, 0.3) is 0 Å². The quantitative estimate of drug-likeness (QED) is 0.796. The number of hydrogen-bond donors (Lipinski definition) is 2. The first-order valence-electron chi connectivity index (χ1n) is 11.0. The molecule has 2 saturated heterocycles. The second-order valence-electron chi connectivity index (χ2n) is 8.85. The van der Waals surface area contributed by atoms with E-state index in [4.69, 9.17) is 4.74 Å². The van der Waals surface area contributed by atoms with Crippen LogP contribution >= 0.6 is 0 Å². The number of likely N-dealkylation sites (tertiary alicyclic amines) is 1. The number of ether oxygens (including phenoxy) is 1. The van der Waals surface area contributed by atoms with Crippen LogP contribution in [0, 0.1) is 11.3 Å². The van der Waals surface area contributed by atoms with Crippen LogP contribution in [0.1, 0.15) is 44.1 Å². The third kappa shape index (κ3) is 4.13. The van der Waals surface area contributed by atoms with Crippen molar-refractivity contribution in [2.45, 2.75) is 51.0 Å². The molecule has 158 valence electrons. The SMILES string of the molecule is COc1ccccc1CC(=O)N1CCC(NC(=O)[C@@]23CCCC[C@H]2CNC3)CC1. The summed E-state index contributed by atoms with van der Waals surface area (Å²) in [7, 11) is 1.63. The average Bonchev–Trinajstić information content (AvgIpc) is 3.20. The van der Waals surface area contributed by atoms with E-state index in [1.807, 2.05) is 29.2 Å². The van der Waals surface area contributed by atoms with Crippen LogP contribution in [0.3, 0.4) is 0 Å². The molecule has 0 spiro atoms. The molecule has 2 heterocycles. The van der Waals surface area contributed by atoms with Gasteiger partial charge in [0.1, 0.15) is 5.75 Å². The van der Waals surface area contributed by atoms with Gasteiger partial charge in [0.05, 0.1) is 18.9 Å². The van der Waals surface area contributed by atoms with Gasteiger partial charge in [-0.2, -0.15) is 0 Å². The summed E-state index contributed by atoms with van der Waals surface area (Å²) in [4.78, 5) is 27.8. The second kappa shape index (κ2) is 8.74. The summed E-state index contributed by atoms with van der Waals surface area (Å²) in [5.41, 5.74) is 0.723. The minimum Gasteiger partial charge on any atom is -0.496 e. The van der Waals surface area contributed by atoms with Gasteiger partial charge >= 0.3 is 0 Å². The standard InChI is InChI=1S/C23H33N3O3/c1-29-20-8-3-2-6-17(20)14-21(27)26-12-9-19(10-13-26)25-22(28)23-11-5-4-7-18(23)15-24-16-23/h2-3,6,8,18-19,24H,4-5,7,9-16H2,1H3,(H,25,28)/t18-,23+/m0/s1. The van der Waals surface area contributed by atoms with E-state index >= 15 is 0 Å². The van der Waals surface area contributed by atoms with E-state index in [-0.39, 0.29) is 23.3 Å². The molecule has 2 N–H and O–H groups in total. The van der Waals surface area contributed by atoms with Gasteiger partial charge in [-0.25, -0.2) is 0 Å². The summed E-state index contributed by atoms with van der Waals surface area (Å²) < 4.78 is 5.36. The molecular formula is C23H33N3O3. The lowest BCUT2D eigenvalue weighted by molar-refractivity contribution is -0.135. The van der Waals surface area contributed by atoms with Gasteiger partial charge < -0.3 is 20.3 Å². The molecule has 0 bridgehead atoms. The number of fused-ring (bicyclic) bond motifs is 1. The first-order valence-corrected chi connectivity index (χ1v) is 11.0. The molecule has 4 rings (SSSR count). The van der Waals surface area contributed by atoms with Crippen molar-refractivity contribution < 1.29 is 14.3 Å². The fraction of sp³-hybridized carbons (Fsp3) is 0.652. The Morgan fingerprint density at radius 1 is 1.21 bits per heavy atom. The minimum atomic E-state index is -0.199. The number of nitrogens with zero attached hydrogens (tertiary/aromatic N) is 1. The van der Waals surface area contributed by atoms with Gasteiger partial charge in [0.2, 0.25) is 11.8 Å². The minimum absolute atomic E-state index is 0.130. The van der Waals surface area contributed by atoms with E-state index in [0.717, 1.165) is 56.5 Å². The molecule has 0 radical (unpaired) electrons. The fourth-order valence-electron chi connectivity index (χ4n) is 5.42. The maximum Gasteiger partial charge on any atom is 0.228 e. The maximum absolute atomic E-state index is 13.2. The highest BCUT2D eigenvalue weighted by atomic mass is 16.5. The predicted octanol–water partition coefficient (Wildman–Crippen LogP) is 2.12. The van der Waals surface area contributed by atoms with Crippen molar-refractivity contribution in [3.05, 3.63) is 29.8 Å². The molecule has 0 aromatic heterocycles. The lowest BCUT2D eigenvalue weighted by atomic mass is 9.67. The van der Waals surface area contributed by atoms with Gasteiger partial charge in [0.25, 0.3) is 0 Å². The molecule has 6 heteroatoms. The molecule has 1 saturated carbocycles. The number of amides is 2. The maximum atomic E-state index is 13.2. The number of carbonyl (C=O) groups is 2. The van der Waals surface area contributed by atoms with Gasteiger partial charge in [-0.05, 0) is 44.2 Å². The lowest BCUT2D eigenvalue weighted by Crippen LogP contribution is -2.53. The van der Waals surface area contributed by atoms with Crippen molar-refractivity contribution in [2.75, 3.05) is 33.3 Å². The number of rotatable bonds is 5. The molecule has 2 aliphatic heterocycles. The van der Waals surface area contributed by atoms with E-state index in [1.54, 1.807) is 7.11 Å². The van der Waals surface area contributed by atoms with Crippen LogP contribution in [-0.2, 0) is 16.0 Å². The summed E-state index contributed by atoms with van der Waals surface area (Å²) in [6, 6.07) is 7.86. The third-order valence-electron chi connectivity index (χ3n) is 7.21. The van der Waals surface area contributed by atoms with Gasteiger partial charge in [-0.15, -0.1) is 0 Å². The van der Waals surface area contributed by atoms with Gasteiger partial charge in [-0.3, -0.25) is 9.59 Å². The van der Waals surface area contributed by atoms with Crippen LogP contribution < -0.4 is 15.4 Å². The van der Waals surface area contributed by atoms with E-state index in [2.05, 4.69) is 10.6 Å². The molecule has 29 heavy (non-hydrogen) atoms. The number of benzene rings is 1. The first kappa shape index (κ1) is 20.2. The lowest BCUT2D eigenvalue weighted by Gasteiger charge is -2.39. The summed E-state index contributed by atoms with van der Waals surface area (Å²) >= 11 is 0. The highest BCUT2D eigenvalue weighted by Crippen LogP contribution is 2.44. The number of piperidine rings is 1. The number of carbonyl (C=O) groups excluding carboxylic acids is 2. The Morgan fingerprint density at radius 3 is 2.79 bits per heavy atom. The molecule has 2 amide bonds. The molecule has 6 nitrogen and oxygen atoms in total. The van der Waals surface area contributed by atoms with Crippen molar-refractivity contribution in [1.29, 1.82) is 0 Å². The highest BCUT2D eigenvalue weighted by molar-refractivity contribution is 5.84. The zero-order chi connectivity index (χ0) is 20.3. The largest absolute Gasteiger partial charge is 0.496 e. The van der Waals surface area contributed by atoms with Crippen molar-refractivity contribution in [1.82, 2.24) is 15.5 Å². The van der Waals surface area contributed by atoms with E-state index in [9.17, 15) is 9.59 Å². The molecule has 3 aliphatic rings. The smallest absolute Gasteiger partial charge is 0.228 e.